The highest BCUT2D eigenvalue weighted by Crippen LogP contribution is 2.25. The monoisotopic (exact) mass is 398 g/mol. The molecule has 0 bridgehead atoms. The molecule has 2 aliphatic rings. The van der Waals surface area contributed by atoms with Gasteiger partial charge in [-0.15, -0.1) is 0 Å². The molecule has 1 atom stereocenters. The topological polar surface area (TPSA) is 66.5 Å². The first-order chi connectivity index (χ1) is 12.5. The molecule has 1 aliphatic heterocycles. The summed E-state index contributed by atoms with van der Waals surface area (Å²) in [5, 5.41) is 3.67. The van der Waals surface area contributed by atoms with E-state index in [0.29, 0.717) is 18.0 Å². The second-order valence-electron chi connectivity index (χ2n) is 7.35. The molecule has 0 spiro atoms. The molecule has 0 aromatic heterocycles. The number of nitrogens with one attached hydrogen (secondary N) is 1. The fourth-order valence-corrected chi connectivity index (χ4v) is 5.52. The number of piperidine rings is 1. The molecule has 2 fully saturated rings. The van der Waals surface area contributed by atoms with Gasteiger partial charge in [0.05, 0.1) is 10.8 Å². The van der Waals surface area contributed by atoms with Crippen molar-refractivity contribution in [2.75, 3.05) is 13.1 Å². The van der Waals surface area contributed by atoms with E-state index < -0.39 is 10.0 Å². The van der Waals surface area contributed by atoms with Crippen molar-refractivity contribution in [2.45, 2.75) is 62.3 Å². The fraction of sp³-hybridized carbons (Fsp3) is 0.632. The van der Waals surface area contributed by atoms with Gasteiger partial charge in [0.2, 0.25) is 15.9 Å². The molecule has 3 rings (SSSR count). The average molecular weight is 399 g/mol. The van der Waals surface area contributed by atoms with Crippen LogP contribution in [-0.4, -0.2) is 37.8 Å². The van der Waals surface area contributed by atoms with E-state index in [4.69, 9.17) is 11.6 Å². The molecular weight excluding hydrogens is 372 g/mol. The van der Waals surface area contributed by atoms with Crippen molar-refractivity contribution in [3.8, 4) is 0 Å². The standard InChI is InChI=1S/C19H27ClN2O3S/c20-16-9-11-18(12-10-16)26(24,25)22-13-5-6-15(14-22)19(23)21-17-7-3-1-2-4-8-17/h9-12,15,17H,1-8,13-14H2,(H,21,23)/t15-/m1/s1. The van der Waals surface area contributed by atoms with Gasteiger partial charge in [-0.1, -0.05) is 37.3 Å². The maximum atomic E-state index is 12.9. The number of nitrogens with zero attached hydrogens (tertiary/aromatic N) is 1. The highest BCUT2D eigenvalue weighted by molar-refractivity contribution is 7.89. The van der Waals surface area contributed by atoms with E-state index in [1.165, 1.54) is 29.3 Å². The number of benzene rings is 1. The zero-order valence-electron chi connectivity index (χ0n) is 15.0. The Kier molecular flexibility index (Phi) is 6.59. The Morgan fingerprint density at radius 3 is 2.31 bits per heavy atom. The van der Waals surface area contributed by atoms with Crippen LogP contribution < -0.4 is 5.32 Å². The zero-order valence-corrected chi connectivity index (χ0v) is 16.6. The third kappa shape index (κ3) is 4.78. The van der Waals surface area contributed by atoms with E-state index in [2.05, 4.69) is 5.32 Å². The van der Waals surface area contributed by atoms with Crippen LogP contribution in [0.3, 0.4) is 0 Å². The number of carbonyl (C=O) groups excluding carboxylic acids is 1. The van der Waals surface area contributed by atoms with Gasteiger partial charge in [0.15, 0.2) is 0 Å². The largest absolute Gasteiger partial charge is 0.353 e. The molecule has 26 heavy (non-hydrogen) atoms. The lowest BCUT2D eigenvalue weighted by atomic mass is 9.97. The van der Waals surface area contributed by atoms with Gasteiger partial charge < -0.3 is 5.32 Å². The fourth-order valence-electron chi connectivity index (χ4n) is 3.87. The maximum Gasteiger partial charge on any atom is 0.243 e. The lowest BCUT2D eigenvalue weighted by molar-refractivity contribution is -0.126. The minimum atomic E-state index is -3.59. The minimum absolute atomic E-state index is 0.00732. The highest BCUT2D eigenvalue weighted by Gasteiger charge is 2.33. The van der Waals surface area contributed by atoms with Crippen LogP contribution in [0, 0.1) is 5.92 Å². The lowest BCUT2D eigenvalue weighted by Gasteiger charge is -2.32. The number of hydrogen-bond donors (Lipinski definition) is 1. The number of hydrogen-bond acceptors (Lipinski definition) is 3. The summed E-state index contributed by atoms with van der Waals surface area (Å²) in [5.74, 6) is -0.262. The Balaban J connectivity index is 1.64. The van der Waals surface area contributed by atoms with Crippen molar-refractivity contribution in [3.63, 3.8) is 0 Å². The Morgan fingerprint density at radius 2 is 1.65 bits per heavy atom. The quantitative estimate of drug-likeness (QED) is 0.788. The van der Waals surface area contributed by atoms with Gasteiger partial charge in [0, 0.05) is 24.2 Å². The number of halogens is 1. The summed E-state index contributed by atoms with van der Waals surface area (Å²) in [6.45, 7) is 0.710. The van der Waals surface area contributed by atoms with Crippen LogP contribution in [0.25, 0.3) is 0 Å². The average Bonchev–Trinajstić information content (AvgIpc) is 2.91. The van der Waals surface area contributed by atoms with E-state index in [-0.39, 0.29) is 29.3 Å². The summed E-state index contributed by atoms with van der Waals surface area (Å²) in [6.07, 6.45) is 8.31. The van der Waals surface area contributed by atoms with Gasteiger partial charge >= 0.3 is 0 Å². The molecule has 0 radical (unpaired) electrons. The van der Waals surface area contributed by atoms with Crippen LogP contribution in [0.1, 0.15) is 51.4 Å². The van der Waals surface area contributed by atoms with Gasteiger partial charge in [0.1, 0.15) is 0 Å². The number of sulfonamides is 1. The van der Waals surface area contributed by atoms with Crippen molar-refractivity contribution < 1.29 is 13.2 Å². The van der Waals surface area contributed by atoms with Crippen molar-refractivity contribution in [1.29, 1.82) is 0 Å². The van der Waals surface area contributed by atoms with Crippen LogP contribution in [0.2, 0.25) is 5.02 Å². The molecule has 0 unspecified atom stereocenters. The predicted octanol–water partition coefficient (Wildman–Crippen LogP) is 3.58. The predicted molar refractivity (Wildman–Crippen MR) is 103 cm³/mol. The molecule has 5 nitrogen and oxygen atoms in total. The van der Waals surface area contributed by atoms with E-state index in [1.807, 2.05) is 0 Å². The minimum Gasteiger partial charge on any atom is -0.353 e. The molecule has 144 valence electrons. The maximum absolute atomic E-state index is 12.9. The summed E-state index contributed by atoms with van der Waals surface area (Å²) in [6, 6.07) is 6.44. The molecule has 1 amide bonds. The second-order valence-corrected chi connectivity index (χ2v) is 9.73. The van der Waals surface area contributed by atoms with Gasteiger partial charge in [-0.25, -0.2) is 8.42 Å². The van der Waals surface area contributed by atoms with Crippen LogP contribution in [-0.2, 0) is 14.8 Å². The summed E-state index contributed by atoms with van der Waals surface area (Å²) in [4.78, 5) is 12.9. The number of rotatable bonds is 4. The molecular formula is C19H27ClN2O3S. The smallest absolute Gasteiger partial charge is 0.243 e. The van der Waals surface area contributed by atoms with Gasteiger partial charge in [0.25, 0.3) is 0 Å². The van der Waals surface area contributed by atoms with Gasteiger partial charge in [-0.3, -0.25) is 4.79 Å². The van der Waals surface area contributed by atoms with Crippen molar-refractivity contribution in [1.82, 2.24) is 9.62 Å². The Morgan fingerprint density at radius 1 is 1.00 bits per heavy atom. The van der Waals surface area contributed by atoms with Crippen molar-refractivity contribution >= 4 is 27.5 Å². The van der Waals surface area contributed by atoms with Crippen LogP contribution in [0.5, 0.6) is 0 Å². The lowest BCUT2D eigenvalue weighted by Crippen LogP contribution is -2.47. The van der Waals surface area contributed by atoms with E-state index in [9.17, 15) is 13.2 Å². The van der Waals surface area contributed by atoms with E-state index in [0.717, 1.165) is 32.1 Å². The summed E-state index contributed by atoms with van der Waals surface area (Å²) >= 11 is 5.86. The van der Waals surface area contributed by atoms with Crippen molar-refractivity contribution in [3.05, 3.63) is 29.3 Å². The van der Waals surface area contributed by atoms with Gasteiger partial charge in [-0.2, -0.15) is 4.31 Å². The Labute approximate surface area is 161 Å². The first kappa shape index (κ1) is 19.6. The first-order valence-electron chi connectivity index (χ1n) is 9.53. The first-order valence-corrected chi connectivity index (χ1v) is 11.3. The summed E-state index contributed by atoms with van der Waals surface area (Å²) < 4.78 is 27.1. The third-order valence-corrected chi connectivity index (χ3v) is 7.54. The molecule has 1 heterocycles. The van der Waals surface area contributed by atoms with Crippen LogP contribution >= 0.6 is 11.6 Å². The van der Waals surface area contributed by atoms with E-state index in [1.54, 1.807) is 12.1 Å². The molecule has 1 saturated heterocycles. The molecule has 1 N–H and O–H groups in total. The highest BCUT2D eigenvalue weighted by atomic mass is 35.5. The number of carbonyl (C=O) groups is 1. The van der Waals surface area contributed by atoms with E-state index >= 15 is 0 Å². The van der Waals surface area contributed by atoms with Gasteiger partial charge in [-0.05, 0) is 49.9 Å². The summed E-state index contributed by atoms with van der Waals surface area (Å²) in [5.41, 5.74) is 0. The zero-order chi connectivity index (χ0) is 18.6. The Bertz CT molecular complexity index is 713. The second kappa shape index (κ2) is 8.72. The molecule has 1 aromatic rings. The third-order valence-electron chi connectivity index (χ3n) is 5.41. The summed E-state index contributed by atoms with van der Waals surface area (Å²) in [7, 11) is -3.59. The molecule has 1 aliphatic carbocycles. The number of amides is 1. The molecule has 7 heteroatoms. The normalized spacial score (nSPS) is 23.3. The van der Waals surface area contributed by atoms with Crippen molar-refractivity contribution in [2.24, 2.45) is 5.92 Å². The van der Waals surface area contributed by atoms with Crippen LogP contribution in [0.4, 0.5) is 0 Å². The Hall–Kier alpha value is -1.11. The molecule has 1 aromatic carbocycles. The van der Waals surface area contributed by atoms with Crippen LogP contribution in [0.15, 0.2) is 29.2 Å². The SMILES string of the molecule is O=C(NC1CCCCCC1)[C@@H]1CCCN(S(=O)(=O)c2ccc(Cl)cc2)C1. The molecule has 1 saturated carbocycles.